The third-order valence-corrected chi connectivity index (χ3v) is 11.0. The van der Waals surface area contributed by atoms with E-state index in [0.29, 0.717) is 23.3 Å². The van der Waals surface area contributed by atoms with Crippen LogP contribution in [-0.4, -0.2) is 42.8 Å². The molecular formula is C36H50N2O2S. The van der Waals surface area contributed by atoms with Gasteiger partial charge in [-0.05, 0) is 130 Å². The Balaban J connectivity index is 1.36. The van der Waals surface area contributed by atoms with Gasteiger partial charge in [0.25, 0.3) is 5.91 Å². The van der Waals surface area contributed by atoms with E-state index < -0.39 is 0 Å². The number of rotatable bonds is 4. The Kier molecular flexibility index (Phi) is 10.5. The van der Waals surface area contributed by atoms with Gasteiger partial charge in [-0.1, -0.05) is 56.2 Å². The Morgan fingerprint density at radius 1 is 0.951 bits per heavy atom. The molecule has 4 nitrogen and oxygen atoms in total. The summed E-state index contributed by atoms with van der Waals surface area (Å²) in [5, 5.41) is 0.474. The maximum Gasteiger partial charge on any atom is 0.261 e. The number of hydrogen-bond donors (Lipinski definition) is 1. The Morgan fingerprint density at radius 2 is 1.68 bits per heavy atom. The van der Waals surface area contributed by atoms with Gasteiger partial charge in [-0.3, -0.25) is 9.52 Å². The maximum atomic E-state index is 13.0. The lowest BCUT2D eigenvalue weighted by Crippen LogP contribution is -2.38. The second-order valence-corrected chi connectivity index (χ2v) is 14.1. The second-order valence-electron chi connectivity index (χ2n) is 13.1. The molecule has 222 valence electrons. The average molecular weight is 575 g/mol. The smallest absolute Gasteiger partial charge is 0.261 e. The summed E-state index contributed by atoms with van der Waals surface area (Å²) in [7, 11) is 2.30. The van der Waals surface area contributed by atoms with Gasteiger partial charge in [0.05, 0.1) is 6.61 Å². The summed E-state index contributed by atoms with van der Waals surface area (Å²) in [5.41, 5.74) is 4.89. The fraction of sp³-hybridized carbons (Fsp3) is 0.583. The first-order valence-electron chi connectivity index (χ1n) is 16.0. The lowest BCUT2D eigenvalue weighted by molar-refractivity contribution is 0.0984. The highest BCUT2D eigenvalue weighted by Crippen LogP contribution is 2.43. The fourth-order valence-electron chi connectivity index (χ4n) is 6.80. The van der Waals surface area contributed by atoms with Gasteiger partial charge < -0.3 is 9.64 Å². The molecule has 41 heavy (non-hydrogen) atoms. The lowest BCUT2D eigenvalue weighted by atomic mass is 9.71. The topological polar surface area (TPSA) is 41.6 Å². The zero-order valence-electron chi connectivity index (χ0n) is 25.6. The minimum atomic E-state index is -0.0137. The zero-order chi connectivity index (χ0) is 28.8. The van der Waals surface area contributed by atoms with E-state index >= 15 is 0 Å². The molecule has 1 N–H and O–H groups in total. The molecule has 0 saturated heterocycles. The van der Waals surface area contributed by atoms with Crippen molar-refractivity contribution < 1.29 is 9.53 Å². The summed E-state index contributed by atoms with van der Waals surface area (Å²) in [6, 6.07) is 14.7. The van der Waals surface area contributed by atoms with E-state index in [4.69, 9.17) is 4.74 Å². The Bertz CT molecular complexity index is 1170. The third-order valence-electron chi connectivity index (χ3n) is 9.53. The van der Waals surface area contributed by atoms with Crippen molar-refractivity contribution in [2.45, 2.75) is 83.3 Å². The maximum absolute atomic E-state index is 13.0. The number of carbonyl (C=O) groups excluding carboxylic acids is 1. The normalized spacial score (nSPS) is 29.4. The highest BCUT2D eigenvalue weighted by atomic mass is 32.2. The highest BCUT2D eigenvalue weighted by molar-refractivity contribution is 7.98. The molecule has 2 aliphatic heterocycles. The molecule has 2 saturated carbocycles. The molecule has 1 amide bonds. The molecule has 2 aliphatic carbocycles. The number of allylic oxidation sites excluding steroid dienone is 2. The van der Waals surface area contributed by atoms with Crippen molar-refractivity contribution in [1.29, 1.82) is 0 Å². The van der Waals surface area contributed by atoms with Gasteiger partial charge in [0.2, 0.25) is 0 Å². The predicted molar refractivity (Wildman–Crippen MR) is 173 cm³/mol. The van der Waals surface area contributed by atoms with Gasteiger partial charge in [-0.25, -0.2) is 0 Å². The van der Waals surface area contributed by atoms with Crippen molar-refractivity contribution in [3.8, 4) is 5.75 Å². The summed E-state index contributed by atoms with van der Waals surface area (Å²) < 4.78 is 9.61. The molecule has 0 radical (unpaired) electrons. The number of carbonyl (C=O) groups is 1. The molecule has 2 bridgehead atoms. The molecule has 4 aliphatic rings. The number of nitrogens with zero attached hydrogens (tertiary/aromatic N) is 1. The number of hydrogen-bond acceptors (Lipinski definition) is 4. The molecule has 6 rings (SSSR count). The van der Waals surface area contributed by atoms with Crippen LogP contribution in [0.15, 0.2) is 54.6 Å². The van der Waals surface area contributed by atoms with Crippen LogP contribution in [0.2, 0.25) is 0 Å². The summed E-state index contributed by atoms with van der Waals surface area (Å²) in [6.45, 7) is 9.57. The number of aryl methyl sites for hydroxylation is 2. The molecule has 2 aromatic carbocycles. The van der Waals surface area contributed by atoms with Crippen LogP contribution in [0.3, 0.4) is 0 Å². The van der Waals surface area contributed by atoms with Crippen LogP contribution < -0.4 is 9.46 Å². The zero-order valence-corrected chi connectivity index (χ0v) is 26.4. The Labute approximate surface area is 252 Å². The quantitative estimate of drug-likeness (QED) is 0.295. The van der Waals surface area contributed by atoms with Crippen LogP contribution in [0.4, 0.5) is 0 Å². The van der Waals surface area contributed by atoms with Crippen molar-refractivity contribution in [2.75, 3.05) is 26.7 Å². The third kappa shape index (κ3) is 8.20. The van der Waals surface area contributed by atoms with Crippen LogP contribution in [0.5, 0.6) is 5.75 Å². The Hall–Kier alpha value is -2.24. The molecule has 5 heteroatoms. The summed E-state index contributed by atoms with van der Waals surface area (Å²) >= 11 is 1.65. The van der Waals surface area contributed by atoms with E-state index in [1.165, 1.54) is 48.8 Å². The van der Waals surface area contributed by atoms with Crippen LogP contribution in [-0.2, 0) is 6.42 Å². The first kappa shape index (κ1) is 30.2. The van der Waals surface area contributed by atoms with Crippen LogP contribution in [0.1, 0.15) is 91.8 Å². The fourth-order valence-corrected chi connectivity index (χ4v) is 7.97. The molecule has 5 unspecified atom stereocenters. The van der Waals surface area contributed by atoms with Crippen LogP contribution in [0.25, 0.3) is 0 Å². The number of nitrogens with one attached hydrogen (secondary N) is 1. The average Bonchev–Trinajstić information content (AvgIpc) is 3.79. The molecule has 0 spiro atoms. The van der Waals surface area contributed by atoms with Crippen molar-refractivity contribution in [2.24, 2.45) is 23.7 Å². The largest absolute Gasteiger partial charge is 0.493 e. The number of amides is 1. The second kappa shape index (κ2) is 14.3. The molecular weight excluding hydrogens is 524 g/mol. The standard InChI is InChI=1S/C36H50N2O2S/c1-5-8-30-21-25(2)11-20-34(30)32-23-38(4)22-31-15-12-27(31)10-7-6-9-26(3)35(28-13-14-28)41-37-36(39)29-16-18-33(19-17-29)40-24-32/h6-7,11,16-21,26-28,31-32,35H,5,8-10,12-15,22-24H2,1-4H3,(H,37,39)/b7-6+. The van der Waals surface area contributed by atoms with E-state index in [9.17, 15) is 4.79 Å². The van der Waals surface area contributed by atoms with Gasteiger partial charge in [0.1, 0.15) is 5.75 Å². The first-order chi connectivity index (χ1) is 19.9. The van der Waals surface area contributed by atoms with E-state index in [0.717, 1.165) is 55.9 Å². The predicted octanol–water partition coefficient (Wildman–Crippen LogP) is 8.21. The van der Waals surface area contributed by atoms with Gasteiger partial charge >= 0.3 is 0 Å². The first-order valence-corrected chi connectivity index (χ1v) is 16.9. The van der Waals surface area contributed by atoms with Crippen molar-refractivity contribution >= 4 is 17.9 Å². The number of benzene rings is 2. The van der Waals surface area contributed by atoms with Crippen LogP contribution >= 0.6 is 11.9 Å². The van der Waals surface area contributed by atoms with E-state index in [-0.39, 0.29) is 11.8 Å². The Morgan fingerprint density at radius 3 is 2.39 bits per heavy atom. The van der Waals surface area contributed by atoms with Crippen molar-refractivity contribution in [1.82, 2.24) is 9.62 Å². The molecule has 5 atom stereocenters. The number of ether oxygens (including phenoxy) is 1. The van der Waals surface area contributed by atoms with Crippen molar-refractivity contribution in [3.63, 3.8) is 0 Å². The van der Waals surface area contributed by atoms with Gasteiger partial charge in [-0.2, -0.15) is 0 Å². The summed E-state index contributed by atoms with van der Waals surface area (Å²) in [4.78, 5) is 15.6. The lowest BCUT2D eigenvalue weighted by Gasteiger charge is -2.39. The van der Waals surface area contributed by atoms with Gasteiger partial charge in [0.15, 0.2) is 0 Å². The monoisotopic (exact) mass is 574 g/mol. The molecule has 2 heterocycles. The van der Waals surface area contributed by atoms with E-state index in [1.54, 1.807) is 11.9 Å². The number of fused-ring (bicyclic) bond motifs is 14. The molecule has 2 aromatic rings. The molecule has 2 fully saturated rings. The van der Waals surface area contributed by atoms with Gasteiger partial charge in [0, 0.05) is 29.8 Å². The SMILES string of the molecule is CCCc1cc(C)ccc1C1COc2ccc(cc2)C(=O)NSC(C2CC2)C(C)C/C=C/CC2CCC2CN(C)C1. The van der Waals surface area contributed by atoms with Crippen LogP contribution in [0, 0.1) is 30.6 Å². The summed E-state index contributed by atoms with van der Waals surface area (Å²) in [5.74, 6) is 3.96. The minimum Gasteiger partial charge on any atom is -0.493 e. The van der Waals surface area contributed by atoms with E-state index in [1.807, 2.05) is 24.3 Å². The van der Waals surface area contributed by atoms with Gasteiger partial charge in [-0.15, -0.1) is 0 Å². The minimum absolute atomic E-state index is 0.0137. The number of likely N-dealkylation sites (N-methyl/N-ethyl adjacent to an activating group) is 1. The molecule has 0 aromatic heterocycles. The van der Waals surface area contributed by atoms with Crippen molar-refractivity contribution in [3.05, 3.63) is 76.9 Å². The van der Waals surface area contributed by atoms with E-state index in [2.05, 4.69) is 67.8 Å². The summed E-state index contributed by atoms with van der Waals surface area (Å²) in [6.07, 6.45) is 14.7. The highest BCUT2D eigenvalue weighted by Gasteiger charge is 2.36.